The third kappa shape index (κ3) is 4.03. The number of benzene rings is 2. The Kier molecular flexibility index (Phi) is 5.60. The Morgan fingerprint density at radius 1 is 1.12 bits per heavy atom. The molecule has 0 aromatic heterocycles. The zero-order chi connectivity index (χ0) is 24.1. The lowest BCUT2D eigenvalue weighted by Crippen LogP contribution is -2.56. The summed E-state index contributed by atoms with van der Waals surface area (Å²) in [7, 11) is 0. The zero-order valence-corrected chi connectivity index (χ0v) is 20.3. The van der Waals surface area contributed by atoms with Crippen LogP contribution in [0.4, 0.5) is 5.69 Å². The molecule has 0 saturated heterocycles. The number of esters is 1. The van der Waals surface area contributed by atoms with Crippen LogP contribution in [-0.2, 0) is 16.0 Å². The molecule has 1 atom stereocenters. The van der Waals surface area contributed by atoms with Crippen molar-refractivity contribution in [3.8, 4) is 11.5 Å². The molecule has 33 heavy (non-hydrogen) atoms. The van der Waals surface area contributed by atoms with Crippen LogP contribution >= 0.6 is 0 Å². The number of hydrogen-bond donors (Lipinski definition) is 2. The molecule has 2 aromatic carbocycles. The number of ether oxygens (including phenoxy) is 2. The van der Waals surface area contributed by atoms with E-state index in [0.717, 1.165) is 39.1 Å². The molecule has 7 heteroatoms. The van der Waals surface area contributed by atoms with Crippen LogP contribution in [0.1, 0.15) is 59.2 Å². The molecular formula is C26H31N3O4. The first-order valence-corrected chi connectivity index (χ1v) is 11.2. The molecule has 0 aliphatic carbocycles. The zero-order valence-electron chi connectivity index (χ0n) is 20.3. The Bertz CT molecular complexity index is 1200. The number of anilines is 1. The minimum absolute atomic E-state index is 0.239. The average molecular weight is 450 g/mol. The van der Waals surface area contributed by atoms with Gasteiger partial charge in [-0.1, -0.05) is 6.07 Å². The van der Waals surface area contributed by atoms with E-state index in [1.807, 2.05) is 40.7 Å². The van der Waals surface area contributed by atoms with Crippen LogP contribution in [0, 0.1) is 34.6 Å². The summed E-state index contributed by atoms with van der Waals surface area (Å²) in [6, 6.07) is 4.18. The molecule has 0 radical (unpaired) electrons. The van der Waals surface area contributed by atoms with Crippen LogP contribution < -0.4 is 20.3 Å². The largest absolute Gasteiger partial charge is 0.477 e. The summed E-state index contributed by atoms with van der Waals surface area (Å²) < 4.78 is 11.8. The Hall–Kier alpha value is -3.48. The Morgan fingerprint density at radius 2 is 1.85 bits per heavy atom. The molecular weight excluding hydrogens is 418 g/mol. The van der Waals surface area contributed by atoms with Crippen molar-refractivity contribution in [3.05, 3.63) is 57.3 Å². The van der Waals surface area contributed by atoms with Gasteiger partial charge in [-0.3, -0.25) is 15.0 Å². The molecule has 4 rings (SSSR count). The highest BCUT2D eigenvalue weighted by Gasteiger charge is 2.41. The summed E-state index contributed by atoms with van der Waals surface area (Å²) in [5.74, 6) is 0.693. The number of carbonyl (C=O) groups is 2. The molecule has 2 aliphatic heterocycles. The molecule has 2 aromatic rings. The van der Waals surface area contributed by atoms with E-state index < -0.39 is 5.60 Å². The third-order valence-electron chi connectivity index (χ3n) is 6.60. The van der Waals surface area contributed by atoms with Crippen molar-refractivity contribution < 1.29 is 19.1 Å². The molecule has 7 nitrogen and oxygen atoms in total. The first-order valence-electron chi connectivity index (χ1n) is 11.2. The number of nitrogens with one attached hydrogen (secondary N) is 2. The van der Waals surface area contributed by atoms with E-state index in [2.05, 4.69) is 29.9 Å². The fraction of sp³-hybridized carbons (Fsp3) is 0.385. The van der Waals surface area contributed by atoms with Crippen LogP contribution in [0.3, 0.4) is 0 Å². The Morgan fingerprint density at radius 3 is 2.55 bits per heavy atom. The van der Waals surface area contributed by atoms with Gasteiger partial charge in [0.15, 0.2) is 5.60 Å². The third-order valence-corrected chi connectivity index (χ3v) is 6.60. The second kappa shape index (κ2) is 8.14. The van der Waals surface area contributed by atoms with E-state index in [9.17, 15) is 9.59 Å². The minimum atomic E-state index is -1.04. The molecule has 0 fully saturated rings. The van der Waals surface area contributed by atoms with Crippen LogP contribution in [0.2, 0.25) is 0 Å². The van der Waals surface area contributed by atoms with Gasteiger partial charge in [-0.05, 0) is 87.9 Å². The molecule has 1 amide bonds. The lowest BCUT2D eigenvalue weighted by Gasteiger charge is -2.38. The molecule has 0 saturated carbocycles. The number of carbonyl (C=O) groups excluding carboxylic acids is 2. The second-order valence-corrected chi connectivity index (χ2v) is 9.22. The van der Waals surface area contributed by atoms with Crippen molar-refractivity contribution in [1.82, 2.24) is 10.5 Å². The summed E-state index contributed by atoms with van der Waals surface area (Å²) >= 11 is 0. The number of amides is 1. The van der Waals surface area contributed by atoms with E-state index >= 15 is 0 Å². The van der Waals surface area contributed by atoms with Crippen molar-refractivity contribution in [3.63, 3.8) is 0 Å². The molecule has 0 bridgehead atoms. The van der Waals surface area contributed by atoms with Gasteiger partial charge in [0.25, 0.3) is 5.91 Å². The van der Waals surface area contributed by atoms with Gasteiger partial charge < -0.3 is 9.47 Å². The van der Waals surface area contributed by atoms with Gasteiger partial charge in [0.1, 0.15) is 11.5 Å². The minimum Gasteiger partial charge on any atom is -0.477 e. The van der Waals surface area contributed by atoms with Crippen molar-refractivity contribution in [2.75, 3.05) is 5.43 Å². The van der Waals surface area contributed by atoms with E-state index in [1.165, 1.54) is 12.5 Å². The standard InChI is InChI=1S/C26H31N3O4/c1-14-12-15(2)20-9-11-29(27-22(20)13-14)28-25(31)26(7)10-8-21-18(5)23(32-19(6)30)16(3)17(4)24(21)33-26/h9,11-13,27H,8,10H2,1-7H3,(H,28,31). The maximum Gasteiger partial charge on any atom is 0.308 e. The number of hydrazine groups is 2. The second-order valence-electron chi connectivity index (χ2n) is 9.22. The maximum absolute atomic E-state index is 13.3. The highest BCUT2D eigenvalue weighted by atomic mass is 16.5. The van der Waals surface area contributed by atoms with Gasteiger partial charge in [0.05, 0.1) is 5.69 Å². The quantitative estimate of drug-likeness (QED) is 0.527. The van der Waals surface area contributed by atoms with Gasteiger partial charge in [-0.2, -0.15) is 0 Å². The summed E-state index contributed by atoms with van der Waals surface area (Å²) in [6.45, 7) is 13.1. The molecule has 0 spiro atoms. The molecule has 2 N–H and O–H groups in total. The molecule has 2 aliphatic rings. The van der Waals surface area contributed by atoms with Gasteiger partial charge in [0, 0.05) is 30.7 Å². The average Bonchev–Trinajstić information content (AvgIpc) is 2.74. The number of hydrogen-bond acceptors (Lipinski definition) is 6. The van der Waals surface area contributed by atoms with Crippen LogP contribution in [0.5, 0.6) is 11.5 Å². The lowest BCUT2D eigenvalue weighted by molar-refractivity contribution is -0.140. The summed E-state index contributed by atoms with van der Waals surface area (Å²) in [4.78, 5) is 24.9. The van der Waals surface area contributed by atoms with E-state index in [1.54, 1.807) is 11.3 Å². The Balaban J connectivity index is 1.56. The highest BCUT2D eigenvalue weighted by molar-refractivity contribution is 5.86. The van der Waals surface area contributed by atoms with Gasteiger partial charge in [-0.25, -0.2) is 10.5 Å². The molecule has 1 unspecified atom stereocenters. The summed E-state index contributed by atoms with van der Waals surface area (Å²) in [6.07, 6.45) is 4.92. The topological polar surface area (TPSA) is 79.9 Å². The van der Waals surface area contributed by atoms with Crippen LogP contribution in [-0.4, -0.2) is 22.6 Å². The fourth-order valence-corrected chi connectivity index (χ4v) is 4.59. The number of nitrogens with zero attached hydrogens (tertiary/aromatic N) is 1. The van der Waals surface area contributed by atoms with Gasteiger partial charge in [0.2, 0.25) is 0 Å². The van der Waals surface area contributed by atoms with Gasteiger partial charge >= 0.3 is 5.97 Å². The predicted octanol–water partition coefficient (Wildman–Crippen LogP) is 4.58. The van der Waals surface area contributed by atoms with Crippen molar-refractivity contribution in [2.45, 2.75) is 66.9 Å². The van der Waals surface area contributed by atoms with Crippen molar-refractivity contribution >= 4 is 23.6 Å². The van der Waals surface area contributed by atoms with E-state index in [-0.39, 0.29) is 11.9 Å². The first kappa shape index (κ1) is 22.7. The monoisotopic (exact) mass is 449 g/mol. The van der Waals surface area contributed by atoms with Crippen LogP contribution in [0.25, 0.3) is 6.08 Å². The molecule has 2 heterocycles. The number of rotatable bonds is 3. The maximum atomic E-state index is 13.3. The highest BCUT2D eigenvalue weighted by Crippen LogP contribution is 2.44. The van der Waals surface area contributed by atoms with Crippen molar-refractivity contribution in [2.24, 2.45) is 0 Å². The van der Waals surface area contributed by atoms with Gasteiger partial charge in [-0.15, -0.1) is 0 Å². The summed E-state index contributed by atoms with van der Waals surface area (Å²) in [5, 5.41) is 1.57. The smallest absolute Gasteiger partial charge is 0.308 e. The van der Waals surface area contributed by atoms with E-state index in [4.69, 9.17) is 9.47 Å². The predicted molar refractivity (Wildman–Crippen MR) is 128 cm³/mol. The van der Waals surface area contributed by atoms with Crippen LogP contribution in [0.15, 0.2) is 18.3 Å². The number of fused-ring (bicyclic) bond motifs is 2. The Labute approximate surface area is 194 Å². The lowest BCUT2D eigenvalue weighted by atomic mass is 9.86. The normalized spacial score (nSPS) is 18.6. The summed E-state index contributed by atoms with van der Waals surface area (Å²) in [5.41, 5.74) is 13.1. The first-order chi connectivity index (χ1) is 15.5. The SMILES string of the molecule is CC(=O)Oc1c(C)c(C)c2c(c1C)CCC(C)(C(=O)NN1C=Cc3c(C)cc(C)cc3N1)O2. The number of aryl methyl sites for hydroxylation is 2. The fourth-order valence-electron chi connectivity index (χ4n) is 4.59. The molecule has 174 valence electrons. The van der Waals surface area contributed by atoms with E-state index in [0.29, 0.717) is 24.3 Å². The van der Waals surface area contributed by atoms with Crippen molar-refractivity contribution in [1.29, 1.82) is 0 Å².